The van der Waals surface area contributed by atoms with Crippen molar-refractivity contribution < 1.29 is 13.6 Å². The van der Waals surface area contributed by atoms with E-state index in [1.807, 2.05) is 28.1 Å². The number of fused-ring (bicyclic) bond motifs is 1. The molecular weight excluding hydrogens is 378 g/mol. The second kappa shape index (κ2) is 7.94. The summed E-state index contributed by atoms with van der Waals surface area (Å²) in [6.07, 6.45) is 0.616. The fraction of sp³-hybridized carbons (Fsp3) is 0.136. The first-order valence-corrected chi connectivity index (χ1v) is 9.82. The Bertz CT molecular complexity index is 1120. The summed E-state index contributed by atoms with van der Waals surface area (Å²) in [5, 5.41) is 4.90. The molecule has 28 heavy (non-hydrogen) atoms. The first-order chi connectivity index (χ1) is 13.6. The normalized spacial score (nSPS) is 11.1. The molecule has 142 valence electrons. The van der Waals surface area contributed by atoms with Gasteiger partial charge in [-0.3, -0.25) is 4.79 Å². The number of nitrogens with zero attached hydrogens (tertiary/aromatic N) is 1. The maximum absolute atomic E-state index is 13.6. The van der Waals surface area contributed by atoms with Gasteiger partial charge >= 0.3 is 0 Å². The van der Waals surface area contributed by atoms with Crippen molar-refractivity contribution in [2.75, 3.05) is 6.54 Å². The molecular formula is C22H18F2N2OS. The molecule has 0 fully saturated rings. The van der Waals surface area contributed by atoms with E-state index in [4.69, 9.17) is 0 Å². The largest absolute Gasteiger partial charge is 0.350 e. The molecule has 0 unspecified atom stereocenters. The highest BCUT2D eigenvalue weighted by molar-refractivity contribution is 7.17. The van der Waals surface area contributed by atoms with Gasteiger partial charge in [-0.25, -0.2) is 8.78 Å². The Balaban J connectivity index is 1.51. The first kappa shape index (κ1) is 18.4. The van der Waals surface area contributed by atoms with Gasteiger partial charge in [-0.1, -0.05) is 24.3 Å². The monoisotopic (exact) mass is 396 g/mol. The SMILES string of the molecule is O=C(NCCc1ccc(F)cc1)c1cc2sccc2n1Cc1cccc(F)c1. The van der Waals surface area contributed by atoms with Crippen LogP contribution in [-0.4, -0.2) is 17.0 Å². The summed E-state index contributed by atoms with van der Waals surface area (Å²) >= 11 is 1.57. The summed E-state index contributed by atoms with van der Waals surface area (Å²) in [7, 11) is 0. The molecule has 2 aromatic heterocycles. The zero-order valence-corrected chi connectivity index (χ0v) is 15.8. The van der Waals surface area contributed by atoms with Gasteiger partial charge in [-0.15, -0.1) is 11.3 Å². The average Bonchev–Trinajstić information content (AvgIpc) is 3.26. The van der Waals surface area contributed by atoms with E-state index in [0.29, 0.717) is 25.2 Å². The number of aromatic nitrogens is 1. The van der Waals surface area contributed by atoms with E-state index < -0.39 is 0 Å². The summed E-state index contributed by atoms with van der Waals surface area (Å²) in [5.41, 5.74) is 3.25. The summed E-state index contributed by atoms with van der Waals surface area (Å²) in [5.74, 6) is -0.749. The molecule has 0 saturated heterocycles. The number of benzene rings is 2. The van der Waals surface area contributed by atoms with E-state index in [0.717, 1.165) is 21.3 Å². The lowest BCUT2D eigenvalue weighted by molar-refractivity contribution is 0.0946. The van der Waals surface area contributed by atoms with Gasteiger partial charge in [0, 0.05) is 13.1 Å². The van der Waals surface area contributed by atoms with Crippen LogP contribution in [0.5, 0.6) is 0 Å². The summed E-state index contributed by atoms with van der Waals surface area (Å²) in [6.45, 7) is 0.863. The second-order valence-corrected chi connectivity index (χ2v) is 7.50. The molecule has 0 aliphatic rings. The predicted molar refractivity (Wildman–Crippen MR) is 108 cm³/mol. The Morgan fingerprint density at radius 2 is 1.79 bits per heavy atom. The molecule has 0 saturated carbocycles. The maximum atomic E-state index is 13.6. The number of carbonyl (C=O) groups is 1. The second-order valence-electron chi connectivity index (χ2n) is 6.55. The van der Waals surface area contributed by atoms with Gasteiger partial charge in [-0.2, -0.15) is 0 Å². The van der Waals surface area contributed by atoms with Crippen molar-refractivity contribution in [1.29, 1.82) is 0 Å². The van der Waals surface area contributed by atoms with Gasteiger partial charge in [0.05, 0.1) is 10.2 Å². The van der Waals surface area contributed by atoms with Gasteiger partial charge in [0.2, 0.25) is 0 Å². The molecule has 1 amide bonds. The molecule has 3 nitrogen and oxygen atoms in total. The molecule has 6 heteroatoms. The van der Waals surface area contributed by atoms with Gasteiger partial charge in [0.25, 0.3) is 5.91 Å². The number of hydrogen-bond donors (Lipinski definition) is 1. The standard InChI is InChI=1S/C22H18F2N2OS/c23-17-6-4-15(5-7-17)8-10-25-22(27)20-13-21-19(9-11-28-21)26(20)14-16-2-1-3-18(24)12-16/h1-7,9,11-13H,8,10,14H2,(H,25,27). The van der Waals surface area contributed by atoms with Gasteiger partial charge in [-0.05, 0) is 59.3 Å². The van der Waals surface area contributed by atoms with Crippen molar-refractivity contribution in [2.24, 2.45) is 0 Å². The Labute approximate surface area is 165 Å². The first-order valence-electron chi connectivity index (χ1n) is 8.94. The van der Waals surface area contributed by atoms with E-state index in [1.165, 1.54) is 24.3 Å². The lowest BCUT2D eigenvalue weighted by atomic mass is 10.1. The lowest BCUT2D eigenvalue weighted by Gasteiger charge is -2.11. The Hall–Kier alpha value is -2.99. The number of carbonyl (C=O) groups excluding carboxylic acids is 1. The highest BCUT2D eigenvalue weighted by Gasteiger charge is 2.16. The highest BCUT2D eigenvalue weighted by Crippen LogP contribution is 2.26. The lowest BCUT2D eigenvalue weighted by Crippen LogP contribution is -2.28. The van der Waals surface area contributed by atoms with Crippen LogP contribution in [0.15, 0.2) is 66.0 Å². The topological polar surface area (TPSA) is 34.0 Å². The summed E-state index contributed by atoms with van der Waals surface area (Å²) < 4.78 is 29.5. The van der Waals surface area contributed by atoms with E-state index >= 15 is 0 Å². The van der Waals surface area contributed by atoms with E-state index in [-0.39, 0.29) is 17.5 Å². The van der Waals surface area contributed by atoms with Crippen LogP contribution in [0.2, 0.25) is 0 Å². The number of thiophene rings is 1. The molecule has 0 aliphatic carbocycles. The number of halogens is 2. The zero-order chi connectivity index (χ0) is 19.5. The van der Waals surface area contributed by atoms with E-state index in [9.17, 15) is 13.6 Å². The minimum Gasteiger partial charge on any atom is -0.350 e. The van der Waals surface area contributed by atoms with Crippen molar-refractivity contribution >= 4 is 27.5 Å². The smallest absolute Gasteiger partial charge is 0.267 e. The Morgan fingerprint density at radius 1 is 0.964 bits per heavy atom. The van der Waals surface area contributed by atoms with Crippen LogP contribution in [0.3, 0.4) is 0 Å². The third-order valence-electron chi connectivity index (χ3n) is 4.60. The molecule has 4 rings (SSSR count). The molecule has 0 aliphatic heterocycles. The predicted octanol–water partition coefficient (Wildman–Crippen LogP) is 5.00. The molecule has 0 radical (unpaired) electrons. The van der Waals surface area contributed by atoms with Crippen molar-refractivity contribution in [3.63, 3.8) is 0 Å². The number of hydrogen-bond acceptors (Lipinski definition) is 2. The minimum atomic E-state index is -0.295. The number of rotatable bonds is 6. The minimum absolute atomic E-state index is 0.179. The van der Waals surface area contributed by atoms with Crippen LogP contribution < -0.4 is 5.32 Å². The van der Waals surface area contributed by atoms with Gasteiger partial charge < -0.3 is 9.88 Å². The quantitative estimate of drug-likeness (QED) is 0.489. The molecule has 0 bridgehead atoms. The summed E-state index contributed by atoms with van der Waals surface area (Å²) in [4.78, 5) is 12.8. The number of amides is 1. The maximum Gasteiger partial charge on any atom is 0.267 e. The van der Waals surface area contributed by atoms with E-state index in [2.05, 4.69) is 5.32 Å². The van der Waals surface area contributed by atoms with Gasteiger partial charge in [0.1, 0.15) is 17.3 Å². The number of nitrogens with one attached hydrogen (secondary N) is 1. The Morgan fingerprint density at radius 3 is 2.57 bits per heavy atom. The fourth-order valence-corrected chi connectivity index (χ4v) is 4.04. The van der Waals surface area contributed by atoms with Gasteiger partial charge in [0.15, 0.2) is 0 Å². The highest BCUT2D eigenvalue weighted by atomic mass is 32.1. The van der Waals surface area contributed by atoms with Crippen LogP contribution in [-0.2, 0) is 13.0 Å². The van der Waals surface area contributed by atoms with E-state index in [1.54, 1.807) is 29.5 Å². The van der Waals surface area contributed by atoms with Crippen molar-refractivity contribution in [2.45, 2.75) is 13.0 Å². The van der Waals surface area contributed by atoms with Crippen molar-refractivity contribution in [1.82, 2.24) is 9.88 Å². The molecule has 1 N–H and O–H groups in total. The third-order valence-corrected chi connectivity index (χ3v) is 5.45. The molecule has 0 spiro atoms. The average molecular weight is 396 g/mol. The molecule has 0 atom stereocenters. The summed E-state index contributed by atoms with van der Waals surface area (Å²) in [6, 6.07) is 16.5. The third kappa shape index (κ3) is 3.97. The van der Waals surface area contributed by atoms with Crippen LogP contribution in [0, 0.1) is 11.6 Å². The molecule has 2 heterocycles. The van der Waals surface area contributed by atoms with Crippen LogP contribution in [0.4, 0.5) is 8.78 Å². The van der Waals surface area contributed by atoms with Crippen LogP contribution in [0.25, 0.3) is 10.2 Å². The molecule has 2 aromatic carbocycles. The molecule has 4 aromatic rings. The van der Waals surface area contributed by atoms with Crippen molar-refractivity contribution in [3.05, 3.63) is 94.5 Å². The zero-order valence-electron chi connectivity index (χ0n) is 15.0. The van der Waals surface area contributed by atoms with Crippen LogP contribution >= 0.6 is 11.3 Å². The fourth-order valence-electron chi connectivity index (χ4n) is 3.22. The van der Waals surface area contributed by atoms with Crippen LogP contribution in [0.1, 0.15) is 21.6 Å². The van der Waals surface area contributed by atoms with Crippen molar-refractivity contribution in [3.8, 4) is 0 Å². The Kier molecular flexibility index (Phi) is 5.21.